The number of nitrogens with one attached hydrogen (secondary N) is 1. The van der Waals surface area contributed by atoms with E-state index in [9.17, 15) is 0 Å². The fourth-order valence-corrected chi connectivity index (χ4v) is 1.67. The third-order valence-corrected chi connectivity index (χ3v) is 2.48. The molecule has 0 aliphatic rings. The molecule has 0 unspecified atom stereocenters. The molecule has 88 valence electrons. The molecule has 0 amide bonds. The van der Waals surface area contributed by atoms with Crippen molar-refractivity contribution in [1.29, 1.82) is 0 Å². The summed E-state index contributed by atoms with van der Waals surface area (Å²) in [6.07, 6.45) is 0. The molecule has 0 atom stereocenters. The van der Waals surface area contributed by atoms with Gasteiger partial charge in [-0.3, -0.25) is 0 Å². The summed E-state index contributed by atoms with van der Waals surface area (Å²) in [5.41, 5.74) is 9.68. The van der Waals surface area contributed by atoms with Gasteiger partial charge in [0.25, 0.3) is 0 Å². The second kappa shape index (κ2) is 5.37. The summed E-state index contributed by atoms with van der Waals surface area (Å²) in [5, 5.41) is 3.29. The summed E-state index contributed by atoms with van der Waals surface area (Å²) in [4.78, 5) is 0. The highest BCUT2D eigenvalue weighted by molar-refractivity contribution is 5.72. The van der Waals surface area contributed by atoms with Crippen LogP contribution in [0.2, 0.25) is 0 Å². The normalized spacial score (nSPS) is 10.2. The van der Waals surface area contributed by atoms with Gasteiger partial charge < -0.3 is 15.8 Å². The molecule has 0 bridgehead atoms. The van der Waals surface area contributed by atoms with Gasteiger partial charge in [0.15, 0.2) is 0 Å². The maximum atomic E-state index is 5.88. The van der Waals surface area contributed by atoms with E-state index >= 15 is 0 Å². The van der Waals surface area contributed by atoms with Gasteiger partial charge in [-0.15, -0.1) is 0 Å². The van der Waals surface area contributed by atoms with Gasteiger partial charge in [0, 0.05) is 12.8 Å². The Morgan fingerprint density at radius 1 is 1.12 bits per heavy atom. The molecular weight excluding hydrogens is 212 g/mol. The maximum absolute atomic E-state index is 5.88. The number of methoxy groups -OCH3 is 1. The minimum atomic E-state index is 0.611. The first kappa shape index (κ1) is 11.5. The van der Waals surface area contributed by atoms with Gasteiger partial charge in [0.1, 0.15) is 0 Å². The Morgan fingerprint density at radius 2 is 1.94 bits per heavy atom. The second-order valence-corrected chi connectivity index (χ2v) is 3.85. The van der Waals surface area contributed by atoms with E-state index in [2.05, 4.69) is 11.4 Å². The number of anilines is 3. The monoisotopic (exact) mass is 228 g/mol. The average molecular weight is 228 g/mol. The van der Waals surface area contributed by atoms with E-state index < -0.39 is 0 Å². The van der Waals surface area contributed by atoms with Crippen LogP contribution in [0.4, 0.5) is 17.1 Å². The molecular formula is C14H16N2O. The molecule has 2 aromatic rings. The van der Waals surface area contributed by atoms with Crippen LogP contribution in [-0.2, 0) is 11.3 Å². The molecule has 2 rings (SSSR count). The lowest BCUT2D eigenvalue weighted by molar-refractivity contribution is 0.185. The smallest absolute Gasteiger partial charge is 0.0713 e. The topological polar surface area (TPSA) is 47.3 Å². The number of hydrogen-bond donors (Lipinski definition) is 2. The van der Waals surface area contributed by atoms with Gasteiger partial charge in [-0.2, -0.15) is 0 Å². The van der Waals surface area contributed by atoms with Gasteiger partial charge in [0.2, 0.25) is 0 Å². The Bertz CT molecular complexity index is 497. The van der Waals surface area contributed by atoms with Gasteiger partial charge in [0.05, 0.1) is 18.0 Å². The van der Waals surface area contributed by atoms with E-state index in [-0.39, 0.29) is 0 Å². The summed E-state index contributed by atoms with van der Waals surface area (Å²) in [5.74, 6) is 0. The summed E-state index contributed by atoms with van der Waals surface area (Å²) in [6.45, 7) is 0.611. The summed E-state index contributed by atoms with van der Waals surface area (Å²) < 4.78 is 5.10. The maximum Gasteiger partial charge on any atom is 0.0713 e. The third-order valence-electron chi connectivity index (χ3n) is 2.48. The van der Waals surface area contributed by atoms with Gasteiger partial charge in [-0.05, 0) is 29.8 Å². The van der Waals surface area contributed by atoms with Crippen molar-refractivity contribution < 1.29 is 4.74 Å². The number of benzene rings is 2. The van der Waals surface area contributed by atoms with Crippen LogP contribution >= 0.6 is 0 Å². The first-order valence-electron chi connectivity index (χ1n) is 5.49. The zero-order valence-corrected chi connectivity index (χ0v) is 9.81. The molecule has 17 heavy (non-hydrogen) atoms. The summed E-state index contributed by atoms with van der Waals surface area (Å²) in [7, 11) is 1.69. The lowest BCUT2D eigenvalue weighted by Crippen LogP contribution is -1.96. The van der Waals surface area contributed by atoms with Crippen molar-refractivity contribution in [2.45, 2.75) is 6.61 Å². The number of nitrogens with two attached hydrogens (primary N) is 1. The zero-order valence-electron chi connectivity index (χ0n) is 9.81. The lowest BCUT2D eigenvalue weighted by atomic mass is 10.2. The van der Waals surface area contributed by atoms with Gasteiger partial charge in [-0.1, -0.05) is 24.3 Å². The summed E-state index contributed by atoms with van der Waals surface area (Å²) in [6, 6.07) is 15.8. The number of hydrogen-bond acceptors (Lipinski definition) is 3. The van der Waals surface area contributed by atoms with Crippen molar-refractivity contribution in [3.05, 3.63) is 54.1 Å². The Morgan fingerprint density at radius 3 is 2.71 bits per heavy atom. The van der Waals surface area contributed by atoms with Crippen LogP contribution in [0.15, 0.2) is 48.5 Å². The van der Waals surface area contributed by atoms with Crippen LogP contribution in [0, 0.1) is 0 Å². The van der Waals surface area contributed by atoms with Crippen molar-refractivity contribution in [3.8, 4) is 0 Å². The van der Waals surface area contributed by atoms with Crippen LogP contribution in [-0.4, -0.2) is 7.11 Å². The average Bonchev–Trinajstić information content (AvgIpc) is 2.33. The molecule has 0 radical (unpaired) electrons. The fourth-order valence-electron chi connectivity index (χ4n) is 1.67. The lowest BCUT2D eigenvalue weighted by Gasteiger charge is -2.10. The fraction of sp³-hybridized carbons (Fsp3) is 0.143. The van der Waals surface area contributed by atoms with Crippen LogP contribution in [0.3, 0.4) is 0 Å². The first-order valence-corrected chi connectivity index (χ1v) is 5.49. The van der Waals surface area contributed by atoms with Crippen molar-refractivity contribution in [2.24, 2.45) is 0 Å². The van der Waals surface area contributed by atoms with E-state index in [1.807, 2.05) is 42.5 Å². The highest BCUT2D eigenvalue weighted by Crippen LogP contribution is 2.23. The van der Waals surface area contributed by atoms with E-state index in [1.54, 1.807) is 7.11 Å². The highest BCUT2D eigenvalue weighted by atomic mass is 16.5. The predicted octanol–water partition coefficient (Wildman–Crippen LogP) is 3.16. The molecule has 0 saturated heterocycles. The molecule has 0 saturated carbocycles. The van der Waals surface area contributed by atoms with E-state index in [1.165, 1.54) is 0 Å². The SMILES string of the molecule is COCc1cccc(Nc2ccccc2N)c1. The largest absolute Gasteiger partial charge is 0.397 e. The molecule has 0 aromatic heterocycles. The van der Waals surface area contributed by atoms with E-state index in [4.69, 9.17) is 10.5 Å². The molecule has 3 N–H and O–H groups in total. The highest BCUT2D eigenvalue weighted by Gasteiger charge is 1.99. The second-order valence-electron chi connectivity index (χ2n) is 3.85. The Kier molecular flexibility index (Phi) is 3.62. The van der Waals surface area contributed by atoms with Crippen LogP contribution in [0.5, 0.6) is 0 Å². The molecule has 3 nitrogen and oxygen atoms in total. The van der Waals surface area contributed by atoms with Crippen molar-refractivity contribution >= 4 is 17.1 Å². The first-order chi connectivity index (χ1) is 8.29. The minimum Gasteiger partial charge on any atom is -0.397 e. The van der Waals surface area contributed by atoms with Crippen LogP contribution < -0.4 is 11.1 Å². The number of rotatable bonds is 4. The van der Waals surface area contributed by atoms with Gasteiger partial charge in [-0.25, -0.2) is 0 Å². The quantitative estimate of drug-likeness (QED) is 0.790. The van der Waals surface area contributed by atoms with Crippen molar-refractivity contribution in [3.63, 3.8) is 0 Å². The van der Waals surface area contributed by atoms with E-state index in [0.717, 1.165) is 22.6 Å². The molecule has 0 aliphatic carbocycles. The van der Waals surface area contributed by atoms with E-state index in [0.29, 0.717) is 6.61 Å². The Hall–Kier alpha value is -2.00. The van der Waals surface area contributed by atoms with Crippen LogP contribution in [0.25, 0.3) is 0 Å². The number of para-hydroxylation sites is 2. The zero-order chi connectivity index (χ0) is 12.1. The molecule has 0 spiro atoms. The molecule has 0 fully saturated rings. The number of ether oxygens (including phenoxy) is 1. The van der Waals surface area contributed by atoms with Gasteiger partial charge >= 0.3 is 0 Å². The predicted molar refractivity (Wildman–Crippen MR) is 71.3 cm³/mol. The van der Waals surface area contributed by atoms with Crippen molar-refractivity contribution in [1.82, 2.24) is 0 Å². The van der Waals surface area contributed by atoms with Crippen molar-refractivity contribution in [2.75, 3.05) is 18.2 Å². The standard InChI is InChI=1S/C14H16N2O/c1-17-10-11-5-4-6-12(9-11)16-14-8-3-2-7-13(14)15/h2-9,16H,10,15H2,1H3. The molecule has 0 aliphatic heterocycles. The molecule has 2 aromatic carbocycles. The molecule has 3 heteroatoms. The number of nitrogen functional groups attached to an aromatic ring is 1. The Balaban J connectivity index is 2.18. The van der Waals surface area contributed by atoms with Crippen LogP contribution in [0.1, 0.15) is 5.56 Å². The Labute approximate surface area is 101 Å². The molecule has 0 heterocycles. The minimum absolute atomic E-state index is 0.611. The third kappa shape index (κ3) is 2.98. The summed E-state index contributed by atoms with van der Waals surface area (Å²) >= 11 is 0.